The maximum absolute atomic E-state index is 11.4. The lowest BCUT2D eigenvalue weighted by atomic mass is 9.94. The summed E-state index contributed by atoms with van der Waals surface area (Å²) in [5, 5.41) is 2.80. The van der Waals surface area contributed by atoms with E-state index in [4.69, 9.17) is 4.74 Å². The number of benzene rings is 2. The van der Waals surface area contributed by atoms with E-state index in [1.54, 1.807) is 0 Å². The Morgan fingerprint density at radius 2 is 1.67 bits per heavy atom. The van der Waals surface area contributed by atoms with Crippen LogP contribution in [0.1, 0.15) is 19.4 Å². The van der Waals surface area contributed by atoms with Crippen molar-refractivity contribution in [2.75, 3.05) is 7.11 Å². The number of hydrogen-bond acceptors (Lipinski definition) is 3. The summed E-state index contributed by atoms with van der Waals surface area (Å²) in [6, 6.07) is 17.2. The van der Waals surface area contributed by atoms with E-state index >= 15 is 0 Å². The first-order chi connectivity index (χ1) is 10.0. The maximum atomic E-state index is 11.4. The highest BCUT2D eigenvalue weighted by Gasteiger charge is 2.23. The minimum Gasteiger partial charge on any atom is -0.457 e. The molecule has 1 amide bonds. The molecule has 0 unspecified atom stereocenters. The molecule has 2 aromatic carbocycles. The molecule has 0 saturated carbocycles. The van der Waals surface area contributed by atoms with Crippen molar-refractivity contribution in [2.24, 2.45) is 0 Å². The Hall–Kier alpha value is -2.49. The Bertz CT molecular complexity index is 608. The van der Waals surface area contributed by atoms with Gasteiger partial charge < -0.3 is 14.8 Å². The van der Waals surface area contributed by atoms with Gasteiger partial charge in [0.15, 0.2) is 0 Å². The van der Waals surface area contributed by atoms with Gasteiger partial charge in [-0.05, 0) is 43.7 Å². The number of para-hydroxylation sites is 1. The third kappa shape index (κ3) is 3.99. The Kier molecular flexibility index (Phi) is 4.48. The van der Waals surface area contributed by atoms with Crippen LogP contribution in [0.5, 0.6) is 11.5 Å². The first-order valence-corrected chi connectivity index (χ1v) is 6.71. The summed E-state index contributed by atoms with van der Waals surface area (Å²) in [5.74, 6) is 1.49. The third-order valence-electron chi connectivity index (χ3n) is 3.13. The molecule has 21 heavy (non-hydrogen) atoms. The summed E-state index contributed by atoms with van der Waals surface area (Å²) in [4.78, 5) is 11.4. The summed E-state index contributed by atoms with van der Waals surface area (Å²) in [7, 11) is 1.35. The molecule has 110 valence electrons. The van der Waals surface area contributed by atoms with Gasteiger partial charge in [-0.1, -0.05) is 30.3 Å². The molecule has 0 fully saturated rings. The molecule has 2 rings (SSSR count). The topological polar surface area (TPSA) is 47.6 Å². The van der Waals surface area contributed by atoms with Gasteiger partial charge in [0, 0.05) is 0 Å². The zero-order valence-electron chi connectivity index (χ0n) is 12.4. The van der Waals surface area contributed by atoms with Crippen molar-refractivity contribution in [1.29, 1.82) is 0 Å². The standard InChI is InChI=1S/C17H19NO3/c1-17(2,18-16(19)20-3)13-8-7-11-15(12-13)21-14-9-5-4-6-10-14/h4-12H,1-3H3,(H,18,19). The van der Waals surface area contributed by atoms with E-state index in [-0.39, 0.29) is 0 Å². The molecule has 0 bridgehead atoms. The molecule has 4 heteroatoms. The summed E-state index contributed by atoms with van der Waals surface area (Å²) in [6.45, 7) is 3.82. The van der Waals surface area contributed by atoms with Crippen molar-refractivity contribution in [3.8, 4) is 11.5 Å². The van der Waals surface area contributed by atoms with E-state index < -0.39 is 11.6 Å². The first-order valence-electron chi connectivity index (χ1n) is 6.71. The van der Waals surface area contributed by atoms with Gasteiger partial charge in [-0.15, -0.1) is 0 Å². The fourth-order valence-corrected chi connectivity index (χ4v) is 1.95. The van der Waals surface area contributed by atoms with Crippen LogP contribution in [0.2, 0.25) is 0 Å². The highest BCUT2D eigenvalue weighted by atomic mass is 16.5. The van der Waals surface area contributed by atoms with Gasteiger partial charge >= 0.3 is 6.09 Å². The zero-order valence-corrected chi connectivity index (χ0v) is 12.4. The number of alkyl carbamates (subject to hydrolysis) is 1. The fourth-order valence-electron chi connectivity index (χ4n) is 1.95. The third-order valence-corrected chi connectivity index (χ3v) is 3.13. The highest BCUT2D eigenvalue weighted by Crippen LogP contribution is 2.27. The van der Waals surface area contributed by atoms with Crippen LogP contribution < -0.4 is 10.1 Å². The summed E-state index contributed by atoms with van der Waals surface area (Å²) >= 11 is 0. The number of hydrogen-bond donors (Lipinski definition) is 1. The van der Waals surface area contributed by atoms with Crippen LogP contribution in [0.25, 0.3) is 0 Å². The van der Waals surface area contributed by atoms with E-state index in [0.29, 0.717) is 0 Å². The van der Waals surface area contributed by atoms with Gasteiger partial charge in [0.25, 0.3) is 0 Å². The number of carbonyl (C=O) groups excluding carboxylic acids is 1. The molecule has 4 nitrogen and oxygen atoms in total. The molecule has 1 N–H and O–H groups in total. The summed E-state index contributed by atoms with van der Waals surface area (Å²) in [6.07, 6.45) is -0.464. The van der Waals surface area contributed by atoms with Gasteiger partial charge in [0.05, 0.1) is 12.6 Å². The number of carbonyl (C=O) groups is 1. The van der Waals surface area contributed by atoms with Crippen molar-refractivity contribution < 1.29 is 14.3 Å². The molecular formula is C17H19NO3. The Labute approximate surface area is 124 Å². The van der Waals surface area contributed by atoms with Gasteiger partial charge in [0.1, 0.15) is 11.5 Å². The van der Waals surface area contributed by atoms with Crippen molar-refractivity contribution in [1.82, 2.24) is 5.32 Å². The monoisotopic (exact) mass is 285 g/mol. The zero-order chi connectivity index (χ0) is 15.3. The number of amides is 1. The van der Waals surface area contributed by atoms with E-state index in [9.17, 15) is 4.79 Å². The molecule has 0 radical (unpaired) electrons. The lowest BCUT2D eigenvalue weighted by molar-refractivity contribution is 0.159. The molecule has 0 heterocycles. The first kappa shape index (κ1) is 14.9. The van der Waals surface area contributed by atoms with Crippen LogP contribution in [0, 0.1) is 0 Å². The van der Waals surface area contributed by atoms with Gasteiger partial charge in [-0.25, -0.2) is 4.79 Å². The maximum Gasteiger partial charge on any atom is 0.407 e. The highest BCUT2D eigenvalue weighted by molar-refractivity contribution is 5.68. The van der Waals surface area contributed by atoms with Crippen LogP contribution in [0.15, 0.2) is 54.6 Å². The SMILES string of the molecule is COC(=O)NC(C)(C)c1cccc(Oc2ccccc2)c1. The van der Waals surface area contributed by atoms with Gasteiger partial charge in [0.2, 0.25) is 0 Å². The Morgan fingerprint density at radius 3 is 2.33 bits per heavy atom. The molecule has 0 aliphatic heterocycles. The lowest BCUT2D eigenvalue weighted by Crippen LogP contribution is -2.40. The van der Waals surface area contributed by atoms with E-state index in [0.717, 1.165) is 17.1 Å². The van der Waals surface area contributed by atoms with Crippen molar-refractivity contribution in [3.63, 3.8) is 0 Å². The molecule has 2 aromatic rings. The molecule has 0 atom stereocenters. The van der Waals surface area contributed by atoms with E-state index in [2.05, 4.69) is 10.1 Å². The Morgan fingerprint density at radius 1 is 1.00 bits per heavy atom. The average molecular weight is 285 g/mol. The summed E-state index contributed by atoms with van der Waals surface area (Å²) < 4.78 is 10.5. The number of methoxy groups -OCH3 is 1. The fraction of sp³-hybridized carbons (Fsp3) is 0.235. The molecule has 0 saturated heterocycles. The molecule has 0 aliphatic carbocycles. The molecule has 0 spiro atoms. The van der Waals surface area contributed by atoms with Crippen LogP contribution in [-0.2, 0) is 10.3 Å². The minimum absolute atomic E-state index is 0.464. The molecule has 0 aromatic heterocycles. The molecular weight excluding hydrogens is 266 g/mol. The number of nitrogens with one attached hydrogen (secondary N) is 1. The number of rotatable bonds is 4. The van der Waals surface area contributed by atoms with Crippen LogP contribution in [-0.4, -0.2) is 13.2 Å². The van der Waals surface area contributed by atoms with Gasteiger partial charge in [-0.2, -0.15) is 0 Å². The van der Waals surface area contributed by atoms with Crippen molar-refractivity contribution in [2.45, 2.75) is 19.4 Å². The average Bonchev–Trinajstić information content (AvgIpc) is 2.48. The minimum atomic E-state index is -0.552. The van der Waals surface area contributed by atoms with Gasteiger partial charge in [-0.3, -0.25) is 0 Å². The van der Waals surface area contributed by atoms with Crippen molar-refractivity contribution in [3.05, 3.63) is 60.2 Å². The smallest absolute Gasteiger partial charge is 0.407 e. The Balaban J connectivity index is 2.19. The van der Waals surface area contributed by atoms with E-state index in [1.165, 1.54) is 7.11 Å². The van der Waals surface area contributed by atoms with Crippen LogP contribution >= 0.6 is 0 Å². The quantitative estimate of drug-likeness (QED) is 0.921. The van der Waals surface area contributed by atoms with Crippen LogP contribution in [0.4, 0.5) is 4.79 Å². The van der Waals surface area contributed by atoms with Crippen LogP contribution in [0.3, 0.4) is 0 Å². The predicted molar refractivity (Wildman–Crippen MR) is 81.5 cm³/mol. The lowest BCUT2D eigenvalue weighted by Gasteiger charge is -2.26. The molecule has 0 aliphatic rings. The largest absolute Gasteiger partial charge is 0.457 e. The van der Waals surface area contributed by atoms with E-state index in [1.807, 2.05) is 68.4 Å². The summed E-state index contributed by atoms with van der Waals surface area (Å²) in [5.41, 5.74) is 0.379. The second-order valence-corrected chi connectivity index (χ2v) is 5.18. The van der Waals surface area contributed by atoms with Crippen molar-refractivity contribution >= 4 is 6.09 Å². The normalized spacial score (nSPS) is 10.8. The second kappa shape index (κ2) is 6.31. The predicted octanol–water partition coefficient (Wildman–Crippen LogP) is 4.07. The number of ether oxygens (including phenoxy) is 2. The second-order valence-electron chi connectivity index (χ2n) is 5.18.